The number of alkyl halides is 3. The molecule has 10 nitrogen and oxygen atoms in total. The standard InChI is InChI=1S/C27H22N8.C2HF3O2/c1-18-3-4-21(14-28-18)27-30-17-35(33-27)25-9-7-24(8-10-25)32-26-12-22-11-19(5-6-20(22)13-29-26)23-15-31-34(2)16-23;3-2(4,5)1(6)7/h3-17H,1-2H3,(H,29,32);(H,6,7). The Morgan fingerprint density at radius 2 is 1.60 bits per heavy atom. The summed E-state index contributed by atoms with van der Waals surface area (Å²) in [6.07, 6.45) is 4.19. The molecule has 212 valence electrons. The topological polar surface area (TPSA) is 124 Å². The molecule has 0 fully saturated rings. The lowest BCUT2D eigenvalue weighted by molar-refractivity contribution is -0.192. The number of carboxylic acid groups (broad SMARTS) is 1. The average molecular weight is 573 g/mol. The van der Waals surface area contributed by atoms with Crippen molar-refractivity contribution in [3.63, 3.8) is 0 Å². The third kappa shape index (κ3) is 6.58. The Bertz CT molecular complexity index is 1850. The van der Waals surface area contributed by atoms with Gasteiger partial charge >= 0.3 is 12.1 Å². The smallest absolute Gasteiger partial charge is 0.475 e. The number of aryl methyl sites for hydroxylation is 2. The van der Waals surface area contributed by atoms with E-state index in [-0.39, 0.29) is 0 Å². The molecule has 0 spiro atoms. The van der Waals surface area contributed by atoms with Crippen LogP contribution in [0, 0.1) is 6.92 Å². The first kappa shape index (κ1) is 28.0. The summed E-state index contributed by atoms with van der Waals surface area (Å²) < 4.78 is 35.3. The Kier molecular flexibility index (Phi) is 7.65. The quantitative estimate of drug-likeness (QED) is 0.259. The van der Waals surface area contributed by atoms with Crippen LogP contribution in [0.4, 0.5) is 24.7 Å². The van der Waals surface area contributed by atoms with E-state index in [1.54, 1.807) is 17.2 Å². The van der Waals surface area contributed by atoms with E-state index in [0.29, 0.717) is 5.82 Å². The molecule has 0 aliphatic rings. The van der Waals surface area contributed by atoms with Crippen LogP contribution in [0.1, 0.15) is 5.69 Å². The summed E-state index contributed by atoms with van der Waals surface area (Å²) in [5, 5.41) is 21.6. The van der Waals surface area contributed by atoms with Crippen molar-refractivity contribution < 1.29 is 23.1 Å². The van der Waals surface area contributed by atoms with Crippen LogP contribution in [0.2, 0.25) is 0 Å². The van der Waals surface area contributed by atoms with E-state index in [1.165, 1.54) is 0 Å². The second-order valence-electron chi connectivity index (χ2n) is 9.21. The number of rotatable bonds is 5. The number of hydrogen-bond acceptors (Lipinski definition) is 7. The number of hydrogen-bond donors (Lipinski definition) is 2. The minimum absolute atomic E-state index is 0.644. The Balaban J connectivity index is 0.000000451. The molecule has 0 aliphatic heterocycles. The minimum Gasteiger partial charge on any atom is -0.475 e. The fourth-order valence-corrected chi connectivity index (χ4v) is 3.92. The SMILES string of the molecule is Cc1ccc(-c2ncn(-c3ccc(Nc4cc5cc(-c6cnn(C)c6)ccc5cn4)cc3)n2)cn1.O=C(O)C(F)(F)F. The number of aromatic nitrogens is 7. The number of anilines is 2. The highest BCUT2D eigenvalue weighted by atomic mass is 19.4. The van der Waals surface area contributed by atoms with Gasteiger partial charge < -0.3 is 10.4 Å². The molecule has 0 bridgehead atoms. The molecule has 0 unspecified atom stereocenters. The van der Waals surface area contributed by atoms with Crippen molar-refractivity contribution in [2.45, 2.75) is 13.1 Å². The molecule has 2 N–H and O–H groups in total. The van der Waals surface area contributed by atoms with E-state index in [9.17, 15) is 13.2 Å². The zero-order valence-corrected chi connectivity index (χ0v) is 22.3. The molecule has 4 aromatic heterocycles. The van der Waals surface area contributed by atoms with Gasteiger partial charge in [-0.1, -0.05) is 12.1 Å². The number of carbonyl (C=O) groups is 1. The van der Waals surface area contributed by atoms with E-state index < -0.39 is 12.1 Å². The highest BCUT2D eigenvalue weighted by Crippen LogP contribution is 2.26. The maximum atomic E-state index is 10.6. The molecule has 0 saturated carbocycles. The van der Waals surface area contributed by atoms with Gasteiger partial charge in [0.1, 0.15) is 12.1 Å². The maximum Gasteiger partial charge on any atom is 0.490 e. The number of pyridine rings is 2. The highest BCUT2D eigenvalue weighted by Gasteiger charge is 2.38. The summed E-state index contributed by atoms with van der Waals surface area (Å²) in [5.74, 6) is -1.33. The van der Waals surface area contributed by atoms with E-state index in [4.69, 9.17) is 9.90 Å². The molecule has 0 amide bonds. The number of nitrogens with one attached hydrogen (secondary N) is 1. The molecule has 6 rings (SSSR count). The van der Waals surface area contributed by atoms with Crippen LogP contribution >= 0.6 is 0 Å². The predicted molar refractivity (Wildman–Crippen MR) is 150 cm³/mol. The van der Waals surface area contributed by atoms with Crippen LogP contribution in [0.5, 0.6) is 0 Å². The van der Waals surface area contributed by atoms with E-state index in [1.807, 2.05) is 73.6 Å². The highest BCUT2D eigenvalue weighted by molar-refractivity contribution is 5.88. The Morgan fingerprint density at radius 3 is 2.24 bits per heavy atom. The molecule has 2 aromatic carbocycles. The number of halogens is 3. The number of nitrogens with zero attached hydrogens (tertiary/aromatic N) is 7. The van der Waals surface area contributed by atoms with E-state index in [0.717, 1.165) is 50.3 Å². The molecule has 4 heterocycles. The Labute approximate surface area is 237 Å². The van der Waals surface area contributed by atoms with Crippen LogP contribution in [0.3, 0.4) is 0 Å². The first-order valence-electron chi connectivity index (χ1n) is 12.5. The van der Waals surface area contributed by atoms with Gasteiger partial charge in [0, 0.05) is 53.5 Å². The van der Waals surface area contributed by atoms with Crippen molar-refractivity contribution in [3.8, 4) is 28.2 Å². The van der Waals surface area contributed by atoms with Crippen LogP contribution in [0.15, 0.2) is 91.8 Å². The van der Waals surface area contributed by atoms with Crippen molar-refractivity contribution >= 4 is 28.2 Å². The van der Waals surface area contributed by atoms with Crippen LogP contribution in [-0.2, 0) is 11.8 Å². The molecule has 0 atom stereocenters. The minimum atomic E-state index is -5.08. The summed E-state index contributed by atoms with van der Waals surface area (Å²) in [5.41, 5.74) is 5.92. The van der Waals surface area contributed by atoms with Crippen LogP contribution in [-0.4, -0.2) is 51.8 Å². The Morgan fingerprint density at radius 1 is 0.857 bits per heavy atom. The zero-order chi connectivity index (χ0) is 29.9. The molecule has 13 heteroatoms. The van der Waals surface area contributed by atoms with Crippen molar-refractivity contribution in [1.29, 1.82) is 0 Å². The van der Waals surface area contributed by atoms with Crippen molar-refractivity contribution in [3.05, 3.63) is 97.5 Å². The molecule has 6 aromatic rings. The first-order valence-corrected chi connectivity index (χ1v) is 12.5. The lowest BCUT2D eigenvalue weighted by Crippen LogP contribution is -2.21. The fourth-order valence-electron chi connectivity index (χ4n) is 3.92. The molecule has 0 saturated heterocycles. The second kappa shape index (κ2) is 11.5. The number of carboxylic acids is 1. The second-order valence-corrected chi connectivity index (χ2v) is 9.21. The van der Waals surface area contributed by atoms with Crippen LogP contribution in [0.25, 0.3) is 39.0 Å². The third-order valence-corrected chi connectivity index (χ3v) is 6.07. The number of aliphatic carboxylic acids is 1. The van der Waals surface area contributed by atoms with Gasteiger partial charge in [-0.05, 0) is 66.4 Å². The van der Waals surface area contributed by atoms with E-state index in [2.05, 4.69) is 54.7 Å². The maximum absolute atomic E-state index is 10.6. The normalized spacial score (nSPS) is 11.2. The average Bonchev–Trinajstić information content (AvgIpc) is 3.63. The molecular weight excluding hydrogens is 549 g/mol. The van der Waals surface area contributed by atoms with Gasteiger partial charge in [-0.25, -0.2) is 19.4 Å². The summed E-state index contributed by atoms with van der Waals surface area (Å²) in [6.45, 7) is 1.96. The van der Waals surface area contributed by atoms with E-state index >= 15 is 0 Å². The summed E-state index contributed by atoms with van der Waals surface area (Å²) >= 11 is 0. The van der Waals surface area contributed by atoms with Gasteiger partial charge in [-0.15, -0.1) is 5.10 Å². The number of benzene rings is 2. The summed E-state index contributed by atoms with van der Waals surface area (Å²) in [7, 11) is 1.92. The van der Waals surface area contributed by atoms with Crippen molar-refractivity contribution in [1.82, 2.24) is 34.5 Å². The lowest BCUT2D eigenvalue weighted by Gasteiger charge is -2.09. The van der Waals surface area contributed by atoms with Gasteiger partial charge in [-0.2, -0.15) is 18.3 Å². The third-order valence-electron chi connectivity index (χ3n) is 6.07. The van der Waals surface area contributed by atoms with Crippen molar-refractivity contribution in [2.24, 2.45) is 7.05 Å². The zero-order valence-electron chi connectivity index (χ0n) is 22.3. The molecule has 42 heavy (non-hydrogen) atoms. The van der Waals surface area contributed by atoms with Gasteiger partial charge in [0.2, 0.25) is 0 Å². The molecular formula is C29H23F3N8O2. The lowest BCUT2D eigenvalue weighted by atomic mass is 10.1. The van der Waals surface area contributed by atoms with Crippen molar-refractivity contribution in [2.75, 3.05) is 5.32 Å². The summed E-state index contributed by atoms with van der Waals surface area (Å²) in [6, 6.07) is 20.3. The monoisotopic (exact) mass is 572 g/mol. The van der Waals surface area contributed by atoms with Gasteiger partial charge in [0.25, 0.3) is 0 Å². The number of fused-ring (bicyclic) bond motifs is 1. The van der Waals surface area contributed by atoms with Gasteiger partial charge in [0.15, 0.2) is 5.82 Å². The predicted octanol–water partition coefficient (Wildman–Crippen LogP) is 5.96. The van der Waals surface area contributed by atoms with Gasteiger partial charge in [0.05, 0.1) is 11.9 Å². The summed E-state index contributed by atoms with van der Waals surface area (Å²) in [4.78, 5) is 22.2. The van der Waals surface area contributed by atoms with Gasteiger partial charge in [-0.3, -0.25) is 9.67 Å². The molecule has 0 aliphatic carbocycles. The first-order chi connectivity index (χ1) is 20.0. The Hall–Kier alpha value is -5.59. The fraction of sp³-hybridized carbons (Fsp3) is 0.103. The van der Waals surface area contributed by atoms with Crippen LogP contribution < -0.4 is 5.32 Å². The largest absolute Gasteiger partial charge is 0.490 e. The molecule has 0 radical (unpaired) electrons.